The molecule has 32 heavy (non-hydrogen) atoms. The fraction of sp³-hybridized carbons (Fsp3) is 0.192. The van der Waals surface area contributed by atoms with Crippen LogP contribution >= 0.6 is 11.8 Å². The predicted molar refractivity (Wildman–Crippen MR) is 128 cm³/mol. The smallest absolute Gasteiger partial charge is 0.233 e. The van der Waals surface area contributed by atoms with Crippen molar-refractivity contribution in [1.82, 2.24) is 19.7 Å². The van der Waals surface area contributed by atoms with Gasteiger partial charge in [-0.3, -0.25) is 9.36 Å². The van der Waals surface area contributed by atoms with Crippen molar-refractivity contribution in [3.63, 3.8) is 0 Å². The van der Waals surface area contributed by atoms with Gasteiger partial charge in [0.05, 0.1) is 5.75 Å². The van der Waals surface area contributed by atoms with Gasteiger partial charge in [0, 0.05) is 24.3 Å². The number of fused-ring (bicyclic) bond motifs is 1. The van der Waals surface area contributed by atoms with Crippen molar-refractivity contribution in [2.45, 2.75) is 25.0 Å². The van der Waals surface area contributed by atoms with Crippen LogP contribution < -0.4 is 0 Å². The standard InChI is InChI=1S/C26H24N4OS/c1-19-11-13-23(14-12-19)30-25(21-8-3-2-4-9-21)27-28-26(30)32-18-24(31)29-16-15-20-7-5-6-10-22(20)17-29/h2-14H,15-18H2,1H3. The number of carbonyl (C=O) groups excluding carboxylic acids is 1. The lowest BCUT2D eigenvalue weighted by atomic mass is 10.00. The third-order valence-corrected chi connectivity index (χ3v) is 6.68. The summed E-state index contributed by atoms with van der Waals surface area (Å²) in [5.74, 6) is 1.24. The summed E-state index contributed by atoms with van der Waals surface area (Å²) in [5, 5.41) is 9.64. The first-order valence-electron chi connectivity index (χ1n) is 10.7. The first kappa shape index (κ1) is 20.5. The lowest BCUT2D eigenvalue weighted by Crippen LogP contribution is -2.37. The van der Waals surface area contributed by atoms with E-state index in [4.69, 9.17) is 0 Å². The number of aryl methyl sites for hydroxylation is 1. The Bertz CT molecular complexity index is 1230. The fourth-order valence-corrected chi connectivity index (χ4v) is 4.85. The lowest BCUT2D eigenvalue weighted by molar-refractivity contribution is -0.129. The highest BCUT2D eigenvalue weighted by molar-refractivity contribution is 7.99. The van der Waals surface area contributed by atoms with E-state index < -0.39 is 0 Å². The zero-order valence-electron chi connectivity index (χ0n) is 17.9. The summed E-state index contributed by atoms with van der Waals surface area (Å²) in [7, 11) is 0. The van der Waals surface area contributed by atoms with E-state index in [0.29, 0.717) is 12.3 Å². The van der Waals surface area contributed by atoms with Crippen LogP contribution in [0.2, 0.25) is 0 Å². The minimum absolute atomic E-state index is 0.129. The Morgan fingerprint density at radius 2 is 1.62 bits per heavy atom. The van der Waals surface area contributed by atoms with Crippen molar-refractivity contribution in [2.24, 2.45) is 0 Å². The Balaban J connectivity index is 1.38. The van der Waals surface area contributed by atoms with E-state index in [-0.39, 0.29) is 5.91 Å². The molecule has 0 saturated heterocycles. The second kappa shape index (κ2) is 9.01. The lowest BCUT2D eigenvalue weighted by Gasteiger charge is -2.28. The molecule has 0 atom stereocenters. The molecular weight excluding hydrogens is 416 g/mol. The maximum Gasteiger partial charge on any atom is 0.233 e. The monoisotopic (exact) mass is 440 g/mol. The van der Waals surface area contributed by atoms with E-state index in [2.05, 4.69) is 59.6 Å². The molecule has 1 aliphatic rings. The number of carbonyl (C=O) groups is 1. The molecule has 1 amide bonds. The molecule has 5 nitrogen and oxygen atoms in total. The van der Waals surface area contributed by atoms with Gasteiger partial charge in [0.25, 0.3) is 0 Å². The average molecular weight is 441 g/mol. The molecule has 4 aromatic rings. The summed E-state index contributed by atoms with van der Waals surface area (Å²) in [4.78, 5) is 14.9. The van der Waals surface area contributed by atoms with Crippen molar-refractivity contribution >= 4 is 17.7 Å². The maximum absolute atomic E-state index is 13.0. The van der Waals surface area contributed by atoms with Gasteiger partial charge in [-0.25, -0.2) is 0 Å². The molecule has 5 rings (SSSR count). The van der Waals surface area contributed by atoms with Crippen LogP contribution in [0.25, 0.3) is 17.1 Å². The Morgan fingerprint density at radius 3 is 2.41 bits per heavy atom. The summed E-state index contributed by atoms with van der Waals surface area (Å²) in [6, 6.07) is 26.7. The molecule has 2 heterocycles. The number of hydrogen-bond acceptors (Lipinski definition) is 4. The Morgan fingerprint density at radius 1 is 0.906 bits per heavy atom. The second-order valence-corrected chi connectivity index (χ2v) is 8.91. The van der Waals surface area contributed by atoms with E-state index in [1.54, 1.807) is 0 Å². The van der Waals surface area contributed by atoms with Gasteiger partial charge in [-0.1, -0.05) is 84.1 Å². The molecule has 0 fully saturated rings. The number of nitrogens with zero attached hydrogens (tertiary/aromatic N) is 4. The van der Waals surface area contributed by atoms with E-state index >= 15 is 0 Å². The van der Waals surface area contributed by atoms with Gasteiger partial charge in [0.15, 0.2) is 11.0 Å². The number of aromatic nitrogens is 3. The molecule has 160 valence electrons. The quantitative estimate of drug-likeness (QED) is 0.414. The number of amides is 1. The molecule has 0 bridgehead atoms. The summed E-state index contributed by atoms with van der Waals surface area (Å²) >= 11 is 1.44. The van der Waals surface area contributed by atoms with Crippen LogP contribution in [0.1, 0.15) is 16.7 Å². The van der Waals surface area contributed by atoms with Gasteiger partial charge >= 0.3 is 0 Å². The Kier molecular flexibility index (Phi) is 5.77. The molecule has 6 heteroatoms. The van der Waals surface area contributed by atoms with Crippen LogP contribution in [0.4, 0.5) is 0 Å². The van der Waals surface area contributed by atoms with E-state index in [1.165, 1.54) is 28.5 Å². The minimum atomic E-state index is 0.129. The van der Waals surface area contributed by atoms with Gasteiger partial charge in [0.1, 0.15) is 0 Å². The first-order valence-corrected chi connectivity index (χ1v) is 11.7. The highest BCUT2D eigenvalue weighted by Gasteiger charge is 2.22. The highest BCUT2D eigenvalue weighted by Crippen LogP contribution is 2.29. The van der Waals surface area contributed by atoms with Gasteiger partial charge in [0.2, 0.25) is 5.91 Å². The van der Waals surface area contributed by atoms with Crippen LogP contribution in [0.3, 0.4) is 0 Å². The topological polar surface area (TPSA) is 51.0 Å². The maximum atomic E-state index is 13.0. The van der Waals surface area contributed by atoms with Crippen molar-refractivity contribution < 1.29 is 4.79 Å². The van der Waals surface area contributed by atoms with Crippen molar-refractivity contribution in [1.29, 1.82) is 0 Å². The van der Waals surface area contributed by atoms with Gasteiger partial charge in [-0.2, -0.15) is 0 Å². The molecule has 0 radical (unpaired) electrons. The Hall–Kier alpha value is -3.38. The number of hydrogen-bond donors (Lipinski definition) is 0. The van der Waals surface area contributed by atoms with Crippen molar-refractivity contribution in [2.75, 3.05) is 12.3 Å². The molecule has 0 unspecified atom stereocenters. The first-order chi connectivity index (χ1) is 15.7. The minimum Gasteiger partial charge on any atom is -0.337 e. The molecule has 0 N–H and O–H groups in total. The Labute approximate surface area is 192 Å². The summed E-state index contributed by atoms with van der Waals surface area (Å²) in [6.07, 6.45) is 0.907. The van der Waals surface area contributed by atoms with Gasteiger partial charge in [-0.15, -0.1) is 10.2 Å². The predicted octanol–water partition coefficient (Wildman–Crippen LogP) is 4.92. The molecular formula is C26H24N4OS. The number of benzene rings is 3. The van der Waals surface area contributed by atoms with Crippen LogP contribution in [0.15, 0.2) is 84.0 Å². The molecule has 0 spiro atoms. The molecule has 1 aliphatic heterocycles. The van der Waals surface area contributed by atoms with E-state index in [0.717, 1.165) is 35.2 Å². The molecule has 1 aromatic heterocycles. The van der Waals surface area contributed by atoms with Gasteiger partial charge < -0.3 is 4.90 Å². The average Bonchev–Trinajstić information content (AvgIpc) is 3.27. The van der Waals surface area contributed by atoms with Crippen molar-refractivity contribution in [3.05, 3.63) is 95.6 Å². The molecule has 0 aliphatic carbocycles. The summed E-state index contributed by atoms with van der Waals surface area (Å²) in [5.41, 5.74) is 5.76. The highest BCUT2D eigenvalue weighted by atomic mass is 32.2. The van der Waals surface area contributed by atoms with Gasteiger partial charge in [-0.05, 0) is 36.6 Å². The van der Waals surface area contributed by atoms with Crippen LogP contribution in [0.5, 0.6) is 0 Å². The van der Waals surface area contributed by atoms with E-state index in [9.17, 15) is 4.79 Å². The summed E-state index contributed by atoms with van der Waals surface area (Å²) in [6.45, 7) is 3.50. The third kappa shape index (κ3) is 4.18. The SMILES string of the molecule is Cc1ccc(-n2c(SCC(=O)N3CCc4ccccc4C3)nnc2-c2ccccc2)cc1. The van der Waals surface area contributed by atoms with E-state index in [1.807, 2.05) is 45.9 Å². The van der Waals surface area contributed by atoms with Crippen molar-refractivity contribution in [3.8, 4) is 17.1 Å². The van der Waals surface area contributed by atoms with Crippen LogP contribution in [-0.4, -0.2) is 37.9 Å². The largest absolute Gasteiger partial charge is 0.337 e. The summed E-state index contributed by atoms with van der Waals surface area (Å²) < 4.78 is 2.04. The normalized spacial score (nSPS) is 13.1. The van der Waals surface area contributed by atoms with Crippen LogP contribution in [0, 0.1) is 6.92 Å². The zero-order chi connectivity index (χ0) is 21.9. The zero-order valence-corrected chi connectivity index (χ0v) is 18.8. The number of thioether (sulfide) groups is 1. The molecule has 0 saturated carbocycles. The van der Waals surface area contributed by atoms with Crippen LogP contribution in [-0.2, 0) is 17.8 Å². The fourth-order valence-electron chi connectivity index (χ4n) is 3.99. The molecule has 3 aromatic carbocycles. The second-order valence-electron chi connectivity index (χ2n) is 7.97. The number of rotatable bonds is 5. The third-order valence-electron chi connectivity index (χ3n) is 5.77.